The molecule has 0 aliphatic heterocycles. The van der Waals surface area contributed by atoms with Crippen LogP contribution in [0.1, 0.15) is 13.8 Å². The highest BCUT2D eigenvalue weighted by Gasteiger charge is 2.44. The van der Waals surface area contributed by atoms with Crippen molar-refractivity contribution in [2.75, 3.05) is 13.2 Å². The Morgan fingerprint density at radius 2 is 1.62 bits per heavy atom. The van der Waals surface area contributed by atoms with Crippen LogP contribution in [-0.2, 0) is 9.22 Å². The van der Waals surface area contributed by atoms with Gasteiger partial charge in [-0.15, -0.1) is 0 Å². The van der Waals surface area contributed by atoms with Gasteiger partial charge in [-0.05, 0) is 64.6 Å². The van der Waals surface area contributed by atoms with Gasteiger partial charge in [0.2, 0.25) is 8.32 Å². The number of nitrogens with zero attached hydrogens (tertiary/aromatic N) is 1. The number of amides is 1. The number of rotatable bonds is 10. The molecule has 2 rings (SSSR count). The first kappa shape index (κ1) is 28.2. The molecule has 2 aromatic carbocycles. The molecule has 1 amide bonds. The predicted molar refractivity (Wildman–Crippen MR) is 135 cm³/mol. The quantitative estimate of drug-likeness (QED) is 0.341. The average molecular weight is 516 g/mol. The Balaban J connectivity index is 2.35. The van der Waals surface area contributed by atoms with E-state index in [1.807, 2.05) is 56.0 Å². The highest BCUT2D eigenvalue weighted by atomic mass is 28.4. The monoisotopic (exact) mass is 515 g/mol. The van der Waals surface area contributed by atoms with E-state index in [0.717, 1.165) is 15.7 Å². The van der Waals surface area contributed by atoms with Crippen LogP contribution in [0.15, 0.2) is 36.4 Å². The van der Waals surface area contributed by atoms with Crippen molar-refractivity contribution in [3.63, 3.8) is 0 Å². The molecule has 0 heterocycles. The van der Waals surface area contributed by atoms with Crippen LogP contribution in [0.4, 0.5) is 13.2 Å². The first-order valence-corrected chi connectivity index (χ1v) is 18.2. The predicted octanol–water partition coefficient (Wildman–Crippen LogP) is 6.45. The van der Waals surface area contributed by atoms with E-state index in [4.69, 9.17) is 13.6 Å². The number of ether oxygens (including phenoxy) is 1. The minimum absolute atomic E-state index is 0.000971. The summed E-state index contributed by atoms with van der Waals surface area (Å²) in [6.45, 7) is 15.0. The highest BCUT2D eigenvalue weighted by Crippen LogP contribution is 2.33. The summed E-state index contributed by atoms with van der Waals surface area (Å²) in [5, 5.41) is 1.80. The summed E-state index contributed by atoms with van der Waals surface area (Å²) in [5.41, 5.74) is 0. The van der Waals surface area contributed by atoms with Crippen molar-refractivity contribution >= 4 is 33.3 Å². The fraction of sp³-hybridized carbons (Fsp3) is 0.542. The maximum Gasteiger partial charge on any atom is 0.471 e. The van der Waals surface area contributed by atoms with Gasteiger partial charge in [-0.25, -0.2) is 0 Å². The standard InChI is InChI=1S/C24H36F3NO4Si2/c1-17(2)28(23(29)24(25,26)27)15-20(32-34(6,7)8)16-30-22-14-19(31-33(3,4)5)13-18-11-9-10-12-21(18)22/h9-14,17,20H,15-16H2,1-8H3. The SMILES string of the molecule is CC(C)N(CC(COc1cc(O[Si](C)(C)C)cc2ccccc12)O[Si](C)(C)C)C(=O)C(F)(F)F. The number of alkyl halides is 3. The van der Waals surface area contributed by atoms with E-state index in [2.05, 4.69) is 19.6 Å². The molecule has 2 aromatic rings. The number of carbonyl (C=O) groups excluding carboxylic acids is 1. The van der Waals surface area contributed by atoms with Crippen LogP contribution in [0.5, 0.6) is 11.5 Å². The molecule has 34 heavy (non-hydrogen) atoms. The van der Waals surface area contributed by atoms with E-state index in [1.165, 1.54) is 0 Å². The molecule has 0 saturated carbocycles. The van der Waals surface area contributed by atoms with Crippen molar-refractivity contribution in [2.24, 2.45) is 0 Å². The fourth-order valence-corrected chi connectivity index (χ4v) is 5.47. The van der Waals surface area contributed by atoms with Crippen LogP contribution >= 0.6 is 0 Å². The molecule has 0 fully saturated rings. The van der Waals surface area contributed by atoms with Crippen LogP contribution in [-0.4, -0.2) is 58.9 Å². The van der Waals surface area contributed by atoms with E-state index in [9.17, 15) is 18.0 Å². The summed E-state index contributed by atoms with van der Waals surface area (Å²) < 4.78 is 58.0. The van der Waals surface area contributed by atoms with Gasteiger partial charge < -0.3 is 18.5 Å². The van der Waals surface area contributed by atoms with Gasteiger partial charge in [0, 0.05) is 24.0 Å². The molecule has 0 aliphatic carbocycles. The van der Waals surface area contributed by atoms with Crippen molar-refractivity contribution in [2.45, 2.75) is 71.5 Å². The Labute approximate surface area is 202 Å². The summed E-state index contributed by atoms with van der Waals surface area (Å²) >= 11 is 0. The molecular weight excluding hydrogens is 479 g/mol. The van der Waals surface area contributed by atoms with E-state index in [1.54, 1.807) is 13.8 Å². The Kier molecular flexibility index (Phi) is 8.87. The van der Waals surface area contributed by atoms with Crippen molar-refractivity contribution in [1.29, 1.82) is 0 Å². The molecule has 0 aliphatic rings. The third-order valence-electron chi connectivity index (χ3n) is 4.69. The van der Waals surface area contributed by atoms with E-state index in [0.29, 0.717) is 11.5 Å². The van der Waals surface area contributed by atoms with Gasteiger partial charge in [0.15, 0.2) is 8.32 Å². The second kappa shape index (κ2) is 10.7. The summed E-state index contributed by atoms with van der Waals surface area (Å²) in [7, 11) is -4.03. The summed E-state index contributed by atoms with van der Waals surface area (Å²) in [6, 6.07) is 10.8. The molecule has 190 valence electrons. The summed E-state index contributed by atoms with van der Waals surface area (Å²) in [6.07, 6.45) is -5.67. The van der Waals surface area contributed by atoms with Crippen LogP contribution in [0.25, 0.3) is 10.8 Å². The van der Waals surface area contributed by atoms with Crippen LogP contribution in [0, 0.1) is 0 Å². The average Bonchev–Trinajstić information content (AvgIpc) is 2.65. The zero-order chi connectivity index (χ0) is 25.9. The number of hydrogen-bond acceptors (Lipinski definition) is 4. The number of halogens is 3. The maximum atomic E-state index is 13.2. The van der Waals surface area contributed by atoms with Gasteiger partial charge in [-0.1, -0.05) is 24.3 Å². The minimum atomic E-state index is -4.95. The highest BCUT2D eigenvalue weighted by molar-refractivity contribution is 6.70. The molecule has 0 aromatic heterocycles. The van der Waals surface area contributed by atoms with E-state index >= 15 is 0 Å². The number of carbonyl (C=O) groups is 1. The normalized spacial score (nSPS) is 13.8. The summed E-state index contributed by atoms with van der Waals surface area (Å²) in [5.74, 6) is -0.622. The van der Waals surface area contributed by atoms with Crippen LogP contribution in [0.2, 0.25) is 39.3 Å². The van der Waals surface area contributed by atoms with Gasteiger partial charge in [0.1, 0.15) is 18.1 Å². The van der Waals surface area contributed by atoms with E-state index in [-0.39, 0.29) is 13.2 Å². The van der Waals surface area contributed by atoms with Gasteiger partial charge in [0.05, 0.1) is 6.10 Å². The molecule has 5 nitrogen and oxygen atoms in total. The number of benzene rings is 2. The van der Waals surface area contributed by atoms with Crippen LogP contribution in [0.3, 0.4) is 0 Å². The fourth-order valence-electron chi connectivity index (χ4n) is 3.50. The van der Waals surface area contributed by atoms with Gasteiger partial charge in [-0.2, -0.15) is 13.2 Å². The Hall–Kier alpha value is -2.05. The van der Waals surface area contributed by atoms with Crippen LogP contribution < -0.4 is 9.16 Å². The smallest absolute Gasteiger partial charge is 0.471 e. The van der Waals surface area contributed by atoms with Gasteiger partial charge >= 0.3 is 12.1 Å². The molecule has 0 spiro atoms. The molecular formula is C24H36F3NO4Si2. The number of hydrogen-bond donors (Lipinski definition) is 0. The van der Waals surface area contributed by atoms with Crippen molar-refractivity contribution < 1.29 is 31.6 Å². The topological polar surface area (TPSA) is 48.0 Å². The van der Waals surface area contributed by atoms with Crippen molar-refractivity contribution in [1.82, 2.24) is 4.90 Å². The second-order valence-electron chi connectivity index (χ2n) is 10.6. The van der Waals surface area contributed by atoms with Gasteiger partial charge in [-0.3, -0.25) is 4.79 Å². The first-order chi connectivity index (χ1) is 15.5. The lowest BCUT2D eigenvalue weighted by Crippen LogP contribution is -2.51. The second-order valence-corrected chi connectivity index (χ2v) is 19.5. The third kappa shape index (κ3) is 8.63. The first-order valence-electron chi connectivity index (χ1n) is 11.4. The zero-order valence-corrected chi connectivity index (χ0v) is 23.2. The summed E-state index contributed by atoms with van der Waals surface area (Å²) in [4.78, 5) is 12.8. The third-order valence-corrected chi connectivity index (χ3v) is 6.58. The molecule has 0 radical (unpaired) electrons. The lowest BCUT2D eigenvalue weighted by molar-refractivity contribution is -0.188. The van der Waals surface area contributed by atoms with Crippen molar-refractivity contribution in [3.05, 3.63) is 36.4 Å². The Morgan fingerprint density at radius 3 is 2.15 bits per heavy atom. The molecule has 1 atom stereocenters. The molecule has 0 N–H and O–H groups in total. The minimum Gasteiger partial charge on any atom is -0.544 e. The molecule has 0 saturated heterocycles. The Morgan fingerprint density at radius 1 is 1.00 bits per heavy atom. The molecule has 1 unspecified atom stereocenters. The molecule has 10 heteroatoms. The zero-order valence-electron chi connectivity index (χ0n) is 21.2. The van der Waals surface area contributed by atoms with E-state index < -0.39 is 40.9 Å². The maximum absolute atomic E-state index is 13.2. The lowest BCUT2D eigenvalue weighted by Gasteiger charge is -2.34. The molecule has 0 bridgehead atoms. The Bertz CT molecular complexity index is 985. The van der Waals surface area contributed by atoms with Crippen molar-refractivity contribution in [3.8, 4) is 11.5 Å². The largest absolute Gasteiger partial charge is 0.544 e. The lowest BCUT2D eigenvalue weighted by atomic mass is 10.1. The van der Waals surface area contributed by atoms with Gasteiger partial charge in [0.25, 0.3) is 0 Å². The number of fused-ring (bicyclic) bond motifs is 1.